The lowest BCUT2D eigenvalue weighted by Crippen LogP contribution is -2.09. The third-order valence-electron chi connectivity index (χ3n) is 5.32. The van der Waals surface area contributed by atoms with Gasteiger partial charge in [0, 0.05) is 17.5 Å². The highest BCUT2D eigenvalue weighted by atomic mass is 35.5. The van der Waals surface area contributed by atoms with Crippen LogP contribution in [0.3, 0.4) is 0 Å². The van der Waals surface area contributed by atoms with Crippen molar-refractivity contribution in [1.29, 1.82) is 0 Å². The third-order valence-corrected chi connectivity index (χ3v) is 5.49. The quantitative estimate of drug-likeness (QED) is 0.341. The average molecular weight is 450 g/mol. The fourth-order valence-electron chi connectivity index (χ4n) is 3.62. The van der Waals surface area contributed by atoms with Crippen molar-refractivity contribution < 1.29 is 14.2 Å². The fourth-order valence-corrected chi connectivity index (χ4v) is 3.79. The minimum absolute atomic E-state index is 0.0391. The predicted octanol–water partition coefficient (Wildman–Crippen LogP) is 6.15. The van der Waals surface area contributed by atoms with Crippen molar-refractivity contribution in [2.45, 2.75) is 13.0 Å². The van der Waals surface area contributed by atoms with Gasteiger partial charge in [0.05, 0.1) is 26.8 Å². The number of hydrogen-bond acceptors (Lipinski definition) is 6. The summed E-state index contributed by atoms with van der Waals surface area (Å²) in [5.41, 5.74) is 3.97. The third kappa shape index (κ3) is 4.41. The highest BCUT2D eigenvalue weighted by Gasteiger charge is 2.15. The number of aromatic nitrogens is 2. The summed E-state index contributed by atoms with van der Waals surface area (Å²) in [4.78, 5) is 8.77. The van der Waals surface area contributed by atoms with Crippen molar-refractivity contribution >= 4 is 28.3 Å². The highest BCUT2D eigenvalue weighted by molar-refractivity contribution is 6.28. The molecule has 4 rings (SSSR count). The van der Waals surface area contributed by atoms with Gasteiger partial charge < -0.3 is 19.5 Å². The standard InChI is InChI=1S/C25H24ClN3O3/c1-15(16-7-5-8-17(11-16)18-9-6-10-19(12-18)30-2)27-24-20-13-22(31-3)23(32-4)14-21(20)28-25(26)29-24/h5-15H,1-4H3,(H,27,28,29)/t15-/m1/s1. The van der Waals surface area contributed by atoms with Gasteiger partial charge in [-0.25, -0.2) is 9.97 Å². The van der Waals surface area contributed by atoms with Crippen LogP contribution >= 0.6 is 11.6 Å². The van der Waals surface area contributed by atoms with Crippen molar-refractivity contribution in [3.05, 3.63) is 71.5 Å². The molecular formula is C25H24ClN3O3. The van der Waals surface area contributed by atoms with Crippen LogP contribution in [-0.4, -0.2) is 31.3 Å². The minimum Gasteiger partial charge on any atom is -0.497 e. The molecule has 0 aliphatic heterocycles. The zero-order chi connectivity index (χ0) is 22.7. The van der Waals surface area contributed by atoms with Gasteiger partial charge in [0.2, 0.25) is 5.28 Å². The van der Waals surface area contributed by atoms with Crippen LogP contribution in [0.4, 0.5) is 5.82 Å². The zero-order valence-electron chi connectivity index (χ0n) is 18.3. The van der Waals surface area contributed by atoms with Gasteiger partial charge in [-0.15, -0.1) is 0 Å². The second-order valence-electron chi connectivity index (χ2n) is 7.29. The number of halogens is 1. The molecule has 6 nitrogen and oxygen atoms in total. The van der Waals surface area contributed by atoms with Gasteiger partial charge in [0.1, 0.15) is 11.6 Å². The molecule has 0 amide bonds. The molecule has 0 saturated heterocycles. The van der Waals surface area contributed by atoms with Crippen LogP contribution in [0.15, 0.2) is 60.7 Å². The molecule has 0 aliphatic carbocycles. The molecule has 164 valence electrons. The summed E-state index contributed by atoms with van der Waals surface area (Å²) in [7, 11) is 4.85. The summed E-state index contributed by atoms with van der Waals surface area (Å²) in [5, 5.41) is 4.43. The van der Waals surface area contributed by atoms with Crippen LogP contribution in [0.5, 0.6) is 17.2 Å². The molecule has 0 aliphatic rings. The molecule has 0 spiro atoms. The average Bonchev–Trinajstić information content (AvgIpc) is 2.83. The van der Waals surface area contributed by atoms with E-state index in [0.717, 1.165) is 27.8 Å². The van der Waals surface area contributed by atoms with Crippen LogP contribution in [-0.2, 0) is 0 Å². The molecule has 1 N–H and O–H groups in total. The van der Waals surface area contributed by atoms with E-state index in [0.29, 0.717) is 22.8 Å². The molecule has 32 heavy (non-hydrogen) atoms. The first kappa shape index (κ1) is 21.7. The first-order valence-corrected chi connectivity index (χ1v) is 10.5. The Balaban J connectivity index is 1.69. The topological polar surface area (TPSA) is 65.5 Å². The Kier molecular flexibility index (Phi) is 6.32. The van der Waals surface area contributed by atoms with E-state index in [1.807, 2.05) is 30.3 Å². The predicted molar refractivity (Wildman–Crippen MR) is 128 cm³/mol. The monoisotopic (exact) mass is 449 g/mol. The highest BCUT2D eigenvalue weighted by Crippen LogP contribution is 2.36. The number of ether oxygens (including phenoxy) is 3. The number of methoxy groups -OCH3 is 3. The maximum absolute atomic E-state index is 6.21. The van der Waals surface area contributed by atoms with Gasteiger partial charge in [-0.1, -0.05) is 30.3 Å². The SMILES string of the molecule is COc1cccc(-c2cccc([C@@H](C)Nc3nc(Cl)nc4cc(OC)c(OC)cc34)c2)c1. The van der Waals surface area contributed by atoms with Gasteiger partial charge in [0.15, 0.2) is 11.5 Å². The van der Waals surface area contributed by atoms with Crippen molar-refractivity contribution in [3.63, 3.8) is 0 Å². The number of hydrogen-bond donors (Lipinski definition) is 1. The molecule has 1 atom stereocenters. The molecular weight excluding hydrogens is 426 g/mol. The van der Waals surface area contributed by atoms with Gasteiger partial charge >= 0.3 is 0 Å². The summed E-state index contributed by atoms with van der Waals surface area (Å²) in [6, 6.07) is 20.0. The number of anilines is 1. The van der Waals surface area contributed by atoms with Crippen LogP contribution < -0.4 is 19.5 Å². The number of fused-ring (bicyclic) bond motifs is 1. The second kappa shape index (κ2) is 9.32. The van der Waals surface area contributed by atoms with E-state index in [1.165, 1.54) is 0 Å². The van der Waals surface area contributed by atoms with Crippen molar-refractivity contribution in [2.24, 2.45) is 0 Å². The number of nitrogens with one attached hydrogen (secondary N) is 1. The molecule has 1 aromatic heterocycles. The lowest BCUT2D eigenvalue weighted by Gasteiger charge is -2.18. The fraction of sp³-hybridized carbons (Fsp3) is 0.200. The Labute approximate surface area is 192 Å². The first-order chi connectivity index (χ1) is 15.5. The molecule has 0 bridgehead atoms. The number of benzene rings is 3. The zero-order valence-corrected chi connectivity index (χ0v) is 19.1. The van der Waals surface area contributed by atoms with Crippen LogP contribution in [0.1, 0.15) is 18.5 Å². The Morgan fingerprint density at radius 1 is 0.812 bits per heavy atom. The van der Waals surface area contributed by atoms with Gasteiger partial charge in [-0.05, 0) is 59.5 Å². The number of nitrogens with zero attached hydrogens (tertiary/aromatic N) is 2. The van der Waals surface area contributed by atoms with Gasteiger partial charge in [0.25, 0.3) is 0 Å². The van der Waals surface area contributed by atoms with Gasteiger partial charge in [-0.3, -0.25) is 0 Å². The lowest BCUT2D eigenvalue weighted by atomic mass is 10.00. The molecule has 3 aromatic carbocycles. The van der Waals surface area contributed by atoms with E-state index in [9.17, 15) is 0 Å². The van der Waals surface area contributed by atoms with E-state index < -0.39 is 0 Å². The summed E-state index contributed by atoms with van der Waals surface area (Å²) >= 11 is 6.21. The summed E-state index contributed by atoms with van der Waals surface area (Å²) in [5.74, 6) is 2.63. The Hall–Kier alpha value is -3.51. The van der Waals surface area contributed by atoms with Crippen molar-refractivity contribution in [1.82, 2.24) is 9.97 Å². The maximum Gasteiger partial charge on any atom is 0.224 e. The second-order valence-corrected chi connectivity index (χ2v) is 7.63. The Bertz CT molecular complexity index is 1260. The van der Waals surface area contributed by atoms with E-state index in [1.54, 1.807) is 27.4 Å². The van der Waals surface area contributed by atoms with Crippen LogP contribution in [0, 0.1) is 0 Å². The lowest BCUT2D eigenvalue weighted by molar-refractivity contribution is 0.356. The van der Waals surface area contributed by atoms with E-state index in [4.69, 9.17) is 25.8 Å². The van der Waals surface area contributed by atoms with Crippen LogP contribution in [0.2, 0.25) is 5.28 Å². The van der Waals surface area contributed by atoms with E-state index in [2.05, 4.69) is 46.5 Å². The summed E-state index contributed by atoms with van der Waals surface area (Å²) < 4.78 is 16.2. The largest absolute Gasteiger partial charge is 0.497 e. The normalized spacial score (nSPS) is 11.8. The molecule has 7 heteroatoms. The molecule has 0 unspecified atom stereocenters. The van der Waals surface area contributed by atoms with E-state index >= 15 is 0 Å². The van der Waals surface area contributed by atoms with Gasteiger partial charge in [-0.2, -0.15) is 0 Å². The Morgan fingerprint density at radius 3 is 2.22 bits per heavy atom. The molecule has 0 fully saturated rings. The first-order valence-electron chi connectivity index (χ1n) is 10.1. The maximum atomic E-state index is 6.21. The smallest absolute Gasteiger partial charge is 0.224 e. The molecule has 1 heterocycles. The van der Waals surface area contributed by atoms with Crippen molar-refractivity contribution in [2.75, 3.05) is 26.6 Å². The molecule has 4 aromatic rings. The minimum atomic E-state index is -0.0391. The molecule has 0 radical (unpaired) electrons. The number of rotatable bonds is 7. The molecule has 0 saturated carbocycles. The Morgan fingerprint density at radius 2 is 1.50 bits per heavy atom. The summed E-state index contributed by atoms with van der Waals surface area (Å²) in [6.45, 7) is 2.08. The summed E-state index contributed by atoms with van der Waals surface area (Å²) in [6.07, 6.45) is 0. The van der Waals surface area contributed by atoms with Crippen LogP contribution in [0.25, 0.3) is 22.0 Å². The van der Waals surface area contributed by atoms with E-state index in [-0.39, 0.29) is 11.3 Å². The van der Waals surface area contributed by atoms with Crippen molar-refractivity contribution in [3.8, 4) is 28.4 Å².